The fraction of sp³-hybridized carbons (Fsp3) is 0.462. The lowest BCUT2D eigenvalue weighted by atomic mass is 9.93. The van der Waals surface area contributed by atoms with Crippen LogP contribution < -0.4 is 20.3 Å². The number of carboxylic acid groups (broad SMARTS) is 1. The Labute approximate surface area is 200 Å². The first kappa shape index (κ1) is 25.3. The highest BCUT2D eigenvalue weighted by molar-refractivity contribution is 6.02. The molecule has 3 rings (SSSR count). The SMILES string of the molecule is Cc1cc(F)ccc1NC(=O)Nc1cc(OCC(=O)O)ccc1N(CC(C)C)C1CCCCC1. The van der Waals surface area contributed by atoms with Gasteiger partial charge >= 0.3 is 12.0 Å². The van der Waals surface area contributed by atoms with Gasteiger partial charge in [-0.3, -0.25) is 0 Å². The molecule has 0 saturated heterocycles. The summed E-state index contributed by atoms with van der Waals surface area (Å²) in [5, 5.41) is 14.7. The molecular weight excluding hydrogens is 437 g/mol. The molecule has 0 unspecified atom stereocenters. The van der Waals surface area contributed by atoms with Crippen LogP contribution >= 0.6 is 0 Å². The first-order chi connectivity index (χ1) is 16.2. The number of benzene rings is 2. The third kappa shape index (κ3) is 7.10. The molecule has 0 radical (unpaired) electrons. The Balaban J connectivity index is 1.90. The van der Waals surface area contributed by atoms with Gasteiger partial charge < -0.3 is 25.4 Å². The number of carbonyl (C=O) groups is 2. The molecule has 0 aromatic heterocycles. The van der Waals surface area contributed by atoms with Crippen LogP contribution in [0.1, 0.15) is 51.5 Å². The summed E-state index contributed by atoms with van der Waals surface area (Å²) in [5.41, 5.74) is 2.52. The maximum absolute atomic E-state index is 13.4. The van der Waals surface area contributed by atoms with Gasteiger partial charge in [-0.15, -0.1) is 0 Å². The van der Waals surface area contributed by atoms with Crippen LogP contribution in [0.4, 0.5) is 26.2 Å². The number of hydrogen-bond donors (Lipinski definition) is 3. The van der Waals surface area contributed by atoms with Gasteiger partial charge in [0.25, 0.3) is 0 Å². The molecule has 3 N–H and O–H groups in total. The zero-order valence-electron chi connectivity index (χ0n) is 20.1. The third-order valence-corrected chi connectivity index (χ3v) is 5.90. The van der Waals surface area contributed by atoms with Crippen LogP contribution in [-0.4, -0.2) is 36.3 Å². The van der Waals surface area contributed by atoms with Crippen LogP contribution in [-0.2, 0) is 4.79 Å². The Kier molecular flexibility index (Phi) is 8.73. The second-order valence-corrected chi connectivity index (χ2v) is 9.24. The first-order valence-corrected chi connectivity index (χ1v) is 11.8. The number of urea groups is 1. The van der Waals surface area contributed by atoms with Crippen molar-refractivity contribution in [2.45, 2.75) is 58.9 Å². The first-order valence-electron chi connectivity index (χ1n) is 11.8. The summed E-state index contributed by atoms with van der Waals surface area (Å²) in [6.45, 7) is 6.40. The van der Waals surface area contributed by atoms with Crippen molar-refractivity contribution in [2.24, 2.45) is 5.92 Å². The average Bonchev–Trinajstić information content (AvgIpc) is 2.79. The number of nitrogens with one attached hydrogen (secondary N) is 2. The molecule has 0 spiro atoms. The van der Waals surface area contributed by atoms with Gasteiger partial charge in [-0.1, -0.05) is 33.1 Å². The fourth-order valence-corrected chi connectivity index (χ4v) is 4.37. The summed E-state index contributed by atoms with van der Waals surface area (Å²) in [4.78, 5) is 26.2. The Hall–Kier alpha value is -3.29. The van der Waals surface area contributed by atoms with Gasteiger partial charge in [0, 0.05) is 24.3 Å². The van der Waals surface area contributed by atoms with Crippen LogP contribution in [0.2, 0.25) is 0 Å². The highest BCUT2D eigenvalue weighted by atomic mass is 19.1. The minimum absolute atomic E-state index is 0.354. The molecule has 7 nitrogen and oxygen atoms in total. The minimum Gasteiger partial charge on any atom is -0.482 e. The number of rotatable bonds is 9. The fourth-order valence-electron chi connectivity index (χ4n) is 4.37. The number of carbonyl (C=O) groups excluding carboxylic acids is 1. The van der Waals surface area contributed by atoms with Gasteiger partial charge in [0.1, 0.15) is 11.6 Å². The Morgan fingerprint density at radius 1 is 1.09 bits per heavy atom. The second-order valence-electron chi connectivity index (χ2n) is 9.24. The second kappa shape index (κ2) is 11.7. The molecular formula is C26H34FN3O4. The lowest BCUT2D eigenvalue weighted by molar-refractivity contribution is -0.139. The van der Waals surface area contributed by atoms with Crippen molar-refractivity contribution in [3.05, 3.63) is 47.8 Å². The van der Waals surface area contributed by atoms with Gasteiger partial charge in [0.15, 0.2) is 6.61 Å². The highest BCUT2D eigenvalue weighted by Crippen LogP contribution is 2.36. The smallest absolute Gasteiger partial charge is 0.341 e. The summed E-state index contributed by atoms with van der Waals surface area (Å²) in [6, 6.07) is 9.34. The molecule has 0 aliphatic heterocycles. The lowest BCUT2D eigenvalue weighted by Crippen LogP contribution is -2.40. The maximum Gasteiger partial charge on any atom is 0.341 e. The molecule has 0 bridgehead atoms. The zero-order chi connectivity index (χ0) is 24.7. The third-order valence-electron chi connectivity index (χ3n) is 5.90. The number of aliphatic carboxylic acids is 1. The van der Waals surface area contributed by atoms with Crippen LogP contribution in [0.3, 0.4) is 0 Å². The average molecular weight is 472 g/mol. The zero-order valence-corrected chi connectivity index (χ0v) is 20.1. The summed E-state index contributed by atoms with van der Waals surface area (Å²) in [7, 11) is 0. The van der Waals surface area contributed by atoms with Gasteiger partial charge in [-0.25, -0.2) is 14.0 Å². The van der Waals surface area contributed by atoms with Crippen molar-refractivity contribution in [3.8, 4) is 5.75 Å². The summed E-state index contributed by atoms with van der Waals surface area (Å²) in [5.74, 6) is -0.682. The molecule has 2 aromatic carbocycles. The van der Waals surface area contributed by atoms with Crippen LogP contribution in [0.25, 0.3) is 0 Å². The largest absolute Gasteiger partial charge is 0.482 e. The van der Waals surface area contributed by atoms with E-state index in [1.165, 1.54) is 37.5 Å². The standard InChI is InChI=1S/C26H34FN3O4/c1-17(2)15-30(20-7-5-4-6-8-20)24-12-10-21(34-16-25(31)32)14-23(24)29-26(33)28-22-11-9-19(27)13-18(22)3/h9-14,17,20H,4-8,15-16H2,1-3H3,(H,31,32)(H2,28,29,33). The van der Waals surface area contributed by atoms with E-state index < -0.39 is 18.6 Å². The Morgan fingerprint density at radius 3 is 2.44 bits per heavy atom. The molecule has 1 aliphatic rings. The van der Waals surface area contributed by atoms with E-state index in [2.05, 4.69) is 29.4 Å². The predicted octanol–water partition coefficient (Wildman–Crippen LogP) is 6.04. The molecule has 1 fully saturated rings. The van der Waals surface area contributed by atoms with Crippen molar-refractivity contribution < 1.29 is 23.8 Å². The van der Waals surface area contributed by atoms with Crippen molar-refractivity contribution in [1.29, 1.82) is 0 Å². The van der Waals surface area contributed by atoms with E-state index in [0.717, 1.165) is 25.1 Å². The monoisotopic (exact) mass is 471 g/mol. The highest BCUT2D eigenvalue weighted by Gasteiger charge is 2.25. The molecule has 0 heterocycles. The van der Waals surface area contributed by atoms with Gasteiger partial charge in [0.2, 0.25) is 0 Å². The van der Waals surface area contributed by atoms with Crippen molar-refractivity contribution in [1.82, 2.24) is 0 Å². The molecule has 1 aliphatic carbocycles. The number of nitrogens with zero attached hydrogens (tertiary/aromatic N) is 1. The number of aryl methyl sites for hydroxylation is 1. The molecule has 184 valence electrons. The Bertz CT molecular complexity index is 1010. The molecule has 1 saturated carbocycles. The number of anilines is 3. The number of carboxylic acids is 1. The van der Waals surface area contributed by atoms with Crippen molar-refractivity contribution in [2.75, 3.05) is 28.7 Å². The minimum atomic E-state index is -1.08. The van der Waals surface area contributed by atoms with Crippen molar-refractivity contribution in [3.63, 3.8) is 0 Å². The Morgan fingerprint density at radius 2 is 1.79 bits per heavy atom. The number of amides is 2. The van der Waals surface area contributed by atoms with Crippen LogP contribution in [0.15, 0.2) is 36.4 Å². The van der Waals surface area contributed by atoms with Gasteiger partial charge in [-0.05, 0) is 61.6 Å². The topological polar surface area (TPSA) is 90.9 Å². The summed E-state index contributed by atoms with van der Waals surface area (Å²) >= 11 is 0. The molecule has 2 amide bonds. The van der Waals surface area contributed by atoms with E-state index in [-0.39, 0.29) is 5.82 Å². The van der Waals surface area contributed by atoms with E-state index in [1.54, 1.807) is 19.1 Å². The molecule has 0 atom stereocenters. The number of halogens is 1. The lowest BCUT2D eigenvalue weighted by Gasteiger charge is -2.38. The number of ether oxygens (including phenoxy) is 1. The molecule has 34 heavy (non-hydrogen) atoms. The van der Waals surface area contributed by atoms with Crippen LogP contribution in [0.5, 0.6) is 5.75 Å². The van der Waals surface area contributed by atoms with Gasteiger partial charge in [-0.2, -0.15) is 0 Å². The molecule has 2 aromatic rings. The van der Waals surface area contributed by atoms with E-state index in [1.807, 2.05) is 6.07 Å². The van der Waals surface area contributed by atoms with Gasteiger partial charge in [0.05, 0.1) is 11.4 Å². The maximum atomic E-state index is 13.4. The van der Waals surface area contributed by atoms with E-state index >= 15 is 0 Å². The van der Waals surface area contributed by atoms with E-state index in [4.69, 9.17) is 9.84 Å². The number of hydrogen-bond acceptors (Lipinski definition) is 4. The summed E-state index contributed by atoms with van der Waals surface area (Å²) < 4.78 is 18.8. The molecule has 8 heteroatoms. The van der Waals surface area contributed by atoms with E-state index in [0.29, 0.717) is 34.6 Å². The normalized spacial score (nSPS) is 14.0. The predicted molar refractivity (Wildman–Crippen MR) is 132 cm³/mol. The quantitative estimate of drug-likeness (QED) is 0.415. The van der Waals surface area contributed by atoms with Crippen molar-refractivity contribution >= 4 is 29.1 Å². The van der Waals surface area contributed by atoms with E-state index in [9.17, 15) is 14.0 Å². The summed E-state index contributed by atoms with van der Waals surface area (Å²) in [6.07, 6.45) is 5.76. The van der Waals surface area contributed by atoms with Crippen LogP contribution in [0, 0.1) is 18.7 Å².